The molecular weight excluding hydrogens is 430 g/mol. The van der Waals surface area contributed by atoms with E-state index in [0.29, 0.717) is 37.0 Å². The van der Waals surface area contributed by atoms with E-state index in [4.69, 9.17) is 4.74 Å². The molecule has 1 atom stereocenters. The molecule has 3 aromatic rings. The number of aromatic nitrogens is 2. The highest BCUT2D eigenvalue weighted by Crippen LogP contribution is 2.28. The Morgan fingerprint density at radius 1 is 1.27 bits per heavy atom. The van der Waals surface area contributed by atoms with E-state index in [1.54, 1.807) is 6.92 Å². The number of carbonyl (C=O) groups excluding carboxylic acids is 1. The molecule has 4 N–H and O–H groups in total. The van der Waals surface area contributed by atoms with Crippen molar-refractivity contribution in [2.45, 2.75) is 56.7 Å². The number of fused-ring (bicyclic) bond motifs is 1. The number of amides is 2. The molecule has 176 valence electrons. The summed E-state index contributed by atoms with van der Waals surface area (Å²) in [4.78, 5) is 20.5. The summed E-state index contributed by atoms with van der Waals surface area (Å²) >= 11 is 0. The van der Waals surface area contributed by atoms with Gasteiger partial charge >= 0.3 is 6.03 Å². The molecule has 0 aliphatic heterocycles. The molecule has 1 aromatic heterocycles. The number of halogens is 2. The molecule has 0 unspecified atom stereocenters. The van der Waals surface area contributed by atoms with Gasteiger partial charge in [0.05, 0.1) is 29.8 Å². The minimum atomic E-state index is -0.730. The first-order valence-corrected chi connectivity index (χ1v) is 11.0. The fourth-order valence-corrected chi connectivity index (χ4v) is 4.23. The predicted molar refractivity (Wildman–Crippen MR) is 120 cm³/mol. The third kappa shape index (κ3) is 5.42. The van der Waals surface area contributed by atoms with Gasteiger partial charge in [-0.3, -0.25) is 0 Å². The molecule has 1 fully saturated rings. The van der Waals surface area contributed by atoms with Crippen molar-refractivity contribution in [3.63, 3.8) is 0 Å². The van der Waals surface area contributed by atoms with Crippen LogP contribution < -0.4 is 15.4 Å². The average Bonchev–Trinajstić information content (AvgIpc) is 3.21. The Kier molecular flexibility index (Phi) is 6.51. The number of rotatable bonds is 6. The van der Waals surface area contributed by atoms with E-state index in [9.17, 15) is 18.7 Å². The number of methoxy groups -OCH3 is 1. The number of nitrogens with one attached hydrogen (secondary N) is 3. The summed E-state index contributed by atoms with van der Waals surface area (Å²) in [5, 5.41) is 15.9. The highest BCUT2D eigenvalue weighted by atomic mass is 19.1. The number of hydrogen-bond acceptors (Lipinski definition) is 4. The second-order valence-electron chi connectivity index (χ2n) is 8.86. The number of benzene rings is 2. The zero-order valence-electron chi connectivity index (χ0n) is 18.6. The smallest absolute Gasteiger partial charge is 0.315 e. The van der Waals surface area contributed by atoms with Gasteiger partial charge in [0.25, 0.3) is 0 Å². The lowest BCUT2D eigenvalue weighted by molar-refractivity contribution is 0.0151. The lowest BCUT2D eigenvalue weighted by atomic mass is 9.84. The first-order chi connectivity index (χ1) is 15.7. The second kappa shape index (κ2) is 9.35. The Labute approximate surface area is 190 Å². The van der Waals surface area contributed by atoms with Crippen molar-refractivity contribution in [3.05, 3.63) is 59.4 Å². The lowest BCUT2D eigenvalue weighted by Crippen LogP contribution is -2.47. The normalized spacial score (nSPS) is 21.5. The maximum atomic E-state index is 14.7. The third-order valence-electron chi connectivity index (χ3n) is 6.19. The maximum absolute atomic E-state index is 14.7. The number of aromatic amines is 1. The molecule has 1 saturated carbocycles. The molecule has 0 bridgehead atoms. The molecule has 0 radical (unpaired) electrons. The first kappa shape index (κ1) is 23.0. The summed E-state index contributed by atoms with van der Waals surface area (Å²) in [6, 6.07) is 8.22. The van der Waals surface area contributed by atoms with Crippen LogP contribution in [0.25, 0.3) is 11.0 Å². The van der Waals surface area contributed by atoms with E-state index in [0.717, 1.165) is 17.6 Å². The molecule has 7 nitrogen and oxygen atoms in total. The summed E-state index contributed by atoms with van der Waals surface area (Å²) in [6.45, 7) is 1.80. The highest BCUT2D eigenvalue weighted by molar-refractivity contribution is 5.76. The van der Waals surface area contributed by atoms with Gasteiger partial charge in [-0.2, -0.15) is 0 Å². The van der Waals surface area contributed by atoms with E-state index in [-0.39, 0.29) is 23.8 Å². The molecule has 9 heteroatoms. The molecular formula is C24H28F2N4O3. The van der Waals surface area contributed by atoms with Crippen molar-refractivity contribution >= 4 is 17.1 Å². The minimum Gasteiger partial charge on any atom is -0.494 e. The first-order valence-electron chi connectivity index (χ1n) is 11.0. The van der Waals surface area contributed by atoms with Crippen molar-refractivity contribution in [2.24, 2.45) is 0 Å². The Balaban J connectivity index is 1.55. The molecule has 1 heterocycles. The Morgan fingerprint density at radius 3 is 2.70 bits per heavy atom. The summed E-state index contributed by atoms with van der Waals surface area (Å²) < 4.78 is 33.7. The summed E-state index contributed by atoms with van der Waals surface area (Å²) in [6.07, 6.45) is 2.50. The van der Waals surface area contributed by atoms with E-state index < -0.39 is 29.3 Å². The van der Waals surface area contributed by atoms with Crippen molar-refractivity contribution in [2.75, 3.05) is 7.11 Å². The Hall–Kier alpha value is -3.20. The lowest BCUT2D eigenvalue weighted by Gasteiger charge is -2.33. The Morgan fingerprint density at radius 2 is 2.00 bits per heavy atom. The Bertz CT molecular complexity index is 1100. The van der Waals surface area contributed by atoms with Crippen LogP contribution in [0.5, 0.6) is 5.75 Å². The van der Waals surface area contributed by atoms with Gasteiger partial charge in [0.15, 0.2) is 11.6 Å². The van der Waals surface area contributed by atoms with Gasteiger partial charge in [-0.05, 0) is 56.4 Å². The molecule has 2 aromatic carbocycles. The quantitative estimate of drug-likeness (QED) is 0.446. The number of H-pyrrole nitrogens is 1. The number of urea groups is 1. The molecule has 1 aliphatic carbocycles. The van der Waals surface area contributed by atoms with E-state index in [1.165, 1.54) is 7.11 Å². The predicted octanol–water partition coefficient (Wildman–Crippen LogP) is 4.13. The van der Waals surface area contributed by atoms with Gasteiger partial charge < -0.3 is 25.5 Å². The summed E-state index contributed by atoms with van der Waals surface area (Å²) in [7, 11) is 1.27. The molecule has 4 rings (SSSR count). The van der Waals surface area contributed by atoms with E-state index in [1.807, 2.05) is 24.3 Å². The minimum absolute atomic E-state index is 0.0145. The molecule has 2 amide bonds. The van der Waals surface area contributed by atoms with E-state index in [2.05, 4.69) is 20.6 Å². The van der Waals surface area contributed by atoms with Crippen LogP contribution in [0.4, 0.5) is 13.6 Å². The molecule has 33 heavy (non-hydrogen) atoms. The van der Waals surface area contributed by atoms with Gasteiger partial charge in [0.1, 0.15) is 11.6 Å². The topological polar surface area (TPSA) is 99.3 Å². The molecule has 1 aliphatic rings. The number of aliphatic hydroxyl groups is 1. The van der Waals surface area contributed by atoms with Crippen LogP contribution in [0, 0.1) is 11.6 Å². The van der Waals surface area contributed by atoms with E-state index >= 15 is 0 Å². The van der Waals surface area contributed by atoms with Crippen molar-refractivity contribution in [1.82, 2.24) is 20.6 Å². The highest BCUT2D eigenvalue weighted by Gasteiger charge is 2.30. The summed E-state index contributed by atoms with van der Waals surface area (Å²) in [5.74, 6) is -1.06. The van der Waals surface area contributed by atoms with Crippen LogP contribution >= 0.6 is 0 Å². The number of para-hydroxylation sites is 2. The average molecular weight is 459 g/mol. The zero-order valence-corrected chi connectivity index (χ0v) is 18.6. The SMILES string of the molecule is COc1cc(F)c(C[C@@H](NC(=O)N[C@H]2CC[C@](C)(O)CC2)c2nc3ccccc3[nH]2)cc1F. The third-order valence-corrected chi connectivity index (χ3v) is 6.19. The van der Waals surface area contributed by atoms with Crippen LogP contribution in [-0.2, 0) is 6.42 Å². The van der Waals surface area contributed by atoms with Crippen LogP contribution in [-0.4, -0.2) is 39.9 Å². The van der Waals surface area contributed by atoms with Gasteiger partial charge in [-0.1, -0.05) is 12.1 Å². The van der Waals surface area contributed by atoms with Gasteiger partial charge in [-0.15, -0.1) is 0 Å². The van der Waals surface area contributed by atoms with Crippen LogP contribution in [0.15, 0.2) is 36.4 Å². The van der Waals surface area contributed by atoms with Crippen molar-refractivity contribution in [1.29, 1.82) is 0 Å². The standard InChI is InChI=1S/C24H28F2N4O3/c1-24(32)9-7-15(8-10-24)27-23(31)30-20(22-28-18-5-3-4-6-19(18)29-22)12-14-11-17(26)21(33-2)13-16(14)25/h3-6,11,13,15,20,32H,7-10,12H2,1-2H3,(H,28,29)(H2,27,30,31)/t15-,20-,24-/m1/s1. The fourth-order valence-electron chi connectivity index (χ4n) is 4.23. The van der Waals surface area contributed by atoms with Crippen molar-refractivity contribution in [3.8, 4) is 5.75 Å². The number of imidazole rings is 1. The zero-order chi connectivity index (χ0) is 23.6. The fraction of sp³-hybridized carbons (Fsp3) is 0.417. The number of hydrogen-bond donors (Lipinski definition) is 4. The monoisotopic (exact) mass is 458 g/mol. The molecule has 0 spiro atoms. The van der Waals surface area contributed by atoms with Crippen LogP contribution in [0.3, 0.4) is 0 Å². The summed E-state index contributed by atoms with van der Waals surface area (Å²) in [5.41, 5.74) is 0.862. The second-order valence-corrected chi connectivity index (χ2v) is 8.86. The van der Waals surface area contributed by atoms with Gasteiger partial charge in [0, 0.05) is 18.5 Å². The number of nitrogens with zero attached hydrogens (tertiary/aromatic N) is 1. The largest absolute Gasteiger partial charge is 0.494 e. The van der Waals surface area contributed by atoms with Gasteiger partial charge in [-0.25, -0.2) is 18.6 Å². The number of ether oxygens (including phenoxy) is 1. The number of carbonyl (C=O) groups is 1. The van der Waals surface area contributed by atoms with Crippen molar-refractivity contribution < 1.29 is 23.4 Å². The maximum Gasteiger partial charge on any atom is 0.315 e. The molecule has 0 saturated heterocycles. The van der Waals surface area contributed by atoms with Crippen LogP contribution in [0.1, 0.15) is 50.0 Å². The van der Waals surface area contributed by atoms with Crippen LogP contribution in [0.2, 0.25) is 0 Å². The van der Waals surface area contributed by atoms with Gasteiger partial charge in [0.2, 0.25) is 0 Å².